The van der Waals surface area contributed by atoms with Gasteiger partial charge in [0, 0.05) is 31.4 Å². The minimum Gasteiger partial charge on any atom is -0.508 e. The second-order valence-electron chi connectivity index (χ2n) is 11.2. The fourth-order valence-electron chi connectivity index (χ4n) is 5.59. The number of hydrogen-bond acceptors (Lipinski definition) is 6. The smallest absolute Gasteiger partial charge is 0.165 e. The third-order valence-corrected chi connectivity index (χ3v) is 7.92. The van der Waals surface area contributed by atoms with Crippen LogP contribution in [0.1, 0.15) is 61.8 Å². The van der Waals surface area contributed by atoms with Gasteiger partial charge >= 0.3 is 0 Å². The first-order chi connectivity index (χ1) is 19.8. The Morgan fingerprint density at radius 3 is 2.46 bits per heavy atom. The number of halogens is 1. The van der Waals surface area contributed by atoms with Gasteiger partial charge in [0.15, 0.2) is 23.1 Å². The average molecular weight is 565 g/mol. The zero-order valence-electron chi connectivity index (χ0n) is 25.1. The van der Waals surface area contributed by atoms with Crippen molar-refractivity contribution in [3.05, 3.63) is 76.6 Å². The van der Waals surface area contributed by atoms with Crippen LogP contribution in [0.4, 0.5) is 10.1 Å². The number of methoxy groups -OCH3 is 2. The topological polar surface area (TPSA) is 63.2 Å². The van der Waals surface area contributed by atoms with Crippen molar-refractivity contribution in [2.75, 3.05) is 45.4 Å². The van der Waals surface area contributed by atoms with Gasteiger partial charge < -0.3 is 29.5 Å². The zero-order valence-corrected chi connectivity index (χ0v) is 25.1. The Hall–Kier alpha value is -3.45. The molecule has 1 aliphatic rings. The largest absolute Gasteiger partial charge is 0.508 e. The van der Waals surface area contributed by atoms with Gasteiger partial charge in [-0.25, -0.2) is 4.39 Å². The molecule has 2 N–H and O–H groups in total. The minimum atomic E-state index is -0.347. The number of rotatable bonds is 14. The lowest BCUT2D eigenvalue weighted by atomic mass is 9.79. The highest BCUT2D eigenvalue weighted by Gasteiger charge is 2.26. The summed E-state index contributed by atoms with van der Waals surface area (Å²) in [5.41, 5.74) is 5.59. The van der Waals surface area contributed by atoms with Gasteiger partial charge in [-0.2, -0.15) is 0 Å². The molecule has 0 aliphatic heterocycles. The van der Waals surface area contributed by atoms with Crippen LogP contribution in [-0.2, 0) is 19.4 Å². The summed E-state index contributed by atoms with van der Waals surface area (Å²) in [6.45, 7) is 9.84. The van der Waals surface area contributed by atoms with Crippen molar-refractivity contribution in [3.8, 4) is 23.0 Å². The van der Waals surface area contributed by atoms with Crippen molar-refractivity contribution >= 4 is 5.69 Å². The van der Waals surface area contributed by atoms with Crippen LogP contribution in [0, 0.1) is 11.7 Å². The van der Waals surface area contributed by atoms with E-state index in [0.29, 0.717) is 42.9 Å². The number of aromatic hydroxyl groups is 1. The summed E-state index contributed by atoms with van der Waals surface area (Å²) in [5.74, 6) is 2.54. The van der Waals surface area contributed by atoms with E-state index in [1.54, 1.807) is 32.4 Å². The molecule has 0 fully saturated rings. The first-order valence-corrected chi connectivity index (χ1v) is 14.8. The Morgan fingerprint density at radius 2 is 1.76 bits per heavy atom. The van der Waals surface area contributed by atoms with Crippen molar-refractivity contribution in [1.29, 1.82) is 0 Å². The van der Waals surface area contributed by atoms with Gasteiger partial charge in [0.2, 0.25) is 0 Å². The predicted octanol–water partition coefficient (Wildman–Crippen LogP) is 6.86. The van der Waals surface area contributed by atoms with Crippen LogP contribution in [0.2, 0.25) is 0 Å². The van der Waals surface area contributed by atoms with Crippen LogP contribution in [0.5, 0.6) is 23.0 Å². The molecule has 3 aromatic carbocycles. The minimum absolute atomic E-state index is 0.276. The SMILES string of the molecule is CCN(Cc1ccc(OCCNCCC(C)C)c(F)c1)c1cc(OC)c(OC)cc1C1CCc2cc(O)ccc2C1. The molecule has 0 spiro atoms. The summed E-state index contributed by atoms with van der Waals surface area (Å²) in [4.78, 5) is 2.26. The quantitative estimate of drug-likeness (QED) is 0.209. The van der Waals surface area contributed by atoms with Crippen LogP contribution in [-0.4, -0.2) is 45.6 Å². The number of anilines is 1. The number of phenolic OH excluding ortho intramolecular Hbond substituents is 1. The summed E-state index contributed by atoms with van der Waals surface area (Å²) < 4.78 is 32.1. The Bertz CT molecular complexity index is 1300. The van der Waals surface area contributed by atoms with E-state index in [9.17, 15) is 5.11 Å². The van der Waals surface area contributed by atoms with Crippen LogP contribution in [0.25, 0.3) is 0 Å². The fraction of sp³-hybridized carbons (Fsp3) is 0.471. The molecule has 3 aromatic rings. The molecule has 0 aromatic heterocycles. The van der Waals surface area contributed by atoms with E-state index in [-0.39, 0.29) is 17.5 Å². The highest BCUT2D eigenvalue weighted by Crippen LogP contribution is 2.43. The molecule has 1 unspecified atom stereocenters. The molecule has 0 saturated carbocycles. The number of phenols is 1. The Labute approximate surface area is 244 Å². The molecular formula is C34H45FN2O4. The van der Waals surface area contributed by atoms with E-state index in [0.717, 1.165) is 50.0 Å². The van der Waals surface area contributed by atoms with Crippen molar-refractivity contribution in [2.45, 2.75) is 58.9 Å². The second kappa shape index (κ2) is 14.4. The number of fused-ring (bicyclic) bond motifs is 1. The lowest BCUT2D eigenvalue weighted by Crippen LogP contribution is -2.25. The third-order valence-electron chi connectivity index (χ3n) is 7.92. The van der Waals surface area contributed by atoms with Gasteiger partial charge in [0.25, 0.3) is 0 Å². The molecule has 0 heterocycles. The molecule has 6 nitrogen and oxygen atoms in total. The second-order valence-corrected chi connectivity index (χ2v) is 11.2. The molecule has 0 bridgehead atoms. The molecule has 7 heteroatoms. The summed E-state index contributed by atoms with van der Waals surface area (Å²) in [6, 6.07) is 15.1. The zero-order chi connectivity index (χ0) is 29.4. The van der Waals surface area contributed by atoms with E-state index in [4.69, 9.17) is 14.2 Å². The first-order valence-electron chi connectivity index (χ1n) is 14.8. The average Bonchev–Trinajstić information content (AvgIpc) is 2.97. The van der Waals surface area contributed by atoms with E-state index >= 15 is 4.39 Å². The van der Waals surface area contributed by atoms with Crippen LogP contribution >= 0.6 is 0 Å². The summed E-state index contributed by atoms with van der Waals surface area (Å²) in [7, 11) is 3.31. The van der Waals surface area contributed by atoms with Gasteiger partial charge in [-0.05, 0) is 104 Å². The summed E-state index contributed by atoms with van der Waals surface area (Å²) in [5, 5.41) is 13.3. The fourth-order valence-corrected chi connectivity index (χ4v) is 5.59. The van der Waals surface area contributed by atoms with Gasteiger partial charge in [-0.15, -0.1) is 0 Å². The molecule has 4 rings (SSSR count). The number of ether oxygens (including phenoxy) is 3. The van der Waals surface area contributed by atoms with Gasteiger partial charge in [0.05, 0.1) is 14.2 Å². The molecule has 41 heavy (non-hydrogen) atoms. The molecule has 222 valence electrons. The number of hydrogen-bond donors (Lipinski definition) is 2. The van der Waals surface area contributed by atoms with Crippen molar-refractivity contribution < 1.29 is 23.7 Å². The van der Waals surface area contributed by atoms with Gasteiger partial charge in [-0.1, -0.05) is 26.0 Å². The highest BCUT2D eigenvalue weighted by molar-refractivity contribution is 5.64. The van der Waals surface area contributed by atoms with E-state index in [2.05, 4.69) is 37.1 Å². The predicted molar refractivity (Wildman–Crippen MR) is 163 cm³/mol. The normalized spacial score (nSPS) is 14.6. The van der Waals surface area contributed by atoms with E-state index in [1.165, 1.54) is 16.7 Å². The van der Waals surface area contributed by atoms with Crippen LogP contribution in [0.15, 0.2) is 48.5 Å². The standard InChI is InChI=1S/C34H45FN2O4/c1-6-37(22-24-7-12-32(30(35)17-24)41-16-15-36-14-13-23(2)3)31-21-34(40-5)33(39-4)20-29(31)27-9-8-26-19-28(38)11-10-25(26)18-27/h7,10-12,17,19-21,23,27,36,38H,6,8-9,13-16,18,22H2,1-5H3. The maximum absolute atomic E-state index is 15.0. The summed E-state index contributed by atoms with van der Waals surface area (Å²) >= 11 is 0. The van der Waals surface area contributed by atoms with E-state index in [1.807, 2.05) is 24.3 Å². The Balaban J connectivity index is 1.52. The molecule has 1 aliphatic carbocycles. The van der Waals surface area contributed by atoms with E-state index < -0.39 is 0 Å². The van der Waals surface area contributed by atoms with Crippen molar-refractivity contribution in [1.82, 2.24) is 5.32 Å². The lowest BCUT2D eigenvalue weighted by Gasteiger charge is -2.32. The first kappa shape index (κ1) is 30.5. The molecular weight excluding hydrogens is 519 g/mol. The monoisotopic (exact) mass is 564 g/mol. The lowest BCUT2D eigenvalue weighted by molar-refractivity contribution is 0.297. The number of aryl methyl sites for hydroxylation is 1. The molecule has 1 atom stereocenters. The van der Waals surface area contributed by atoms with Gasteiger partial charge in [0.1, 0.15) is 12.4 Å². The number of nitrogens with one attached hydrogen (secondary N) is 1. The van der Waals surface area contributed by atoms with Crippen molar-refractivity contribution in [2.24, 2.45) is 5.92 Å². The highest BCUT2D eigenvalue weighted by atomic mass is 19.1. The molecule has 0 amide bonds. The molecule has 0 radical (unpaired) electrons. The van der Waals surface area contributed by atoms with Crippen molar-refractivity contribution in [3.63, 3.8) is 0 Å². The van der Waals surface area contributed by atoms with Gasteiger partial charge in [-0.3, -0.25) is 0 Å². The third kappa shape index (κ3) is 7.85. The Morgan fingerprint density at radius 1 is 0.976 bits per heavy atom. The maximum Gasteiger partial charge on any atom is 0.165 e. The number of nitrogens with zero attached hydrogens (tertiary/aromatic N) is 1. The number of benzene rings is 3. The Kier molecular flexibility index (Phi) is 10.7. The maximum atomic E-state index is 15.0. The van der Waals surface area contributed by atoms with Crippen LogP contribution < -0.4 is 24.4 Å². The molecule has 0 saturated heterocycles. The van der Waals surface area contributed by atoms with Crippen LogP contribution in [0.3, 0.4) is 0 Å². The summed E-state index contributed by atoms with van der Waals surface area (Å²) in [6.07, 6.45) is 3.84.